The van der Waals surface area contributed by atoms with Gasteiger partial charge in [-0.15, -0.1) is 0 Å². The summed E-state index contributed by atoms with van der Waals surface area (Å²) in [7, 11) is 1.32. The second-order valence-electron chi connectivity index (χ2n) is 13.6. The molecule has 41 heavy (non-hydrogen) atoms. The van der Waals surface area contributed by atoms with Gasteiger partial charge in [-0.3, -0.25) is 10.1 Å². The molecule has 2 amide bonds. The first-order valence-electron chi connectivity index (χ1n) is 13.9. The number of amides is 2. The van der Waals surface area contributed by atoms with Crippen LogP contribution in [0, 0.1) is 11.9 Å². The summed E-state index contributed by atoms with van der Waals surface area (Å²) in [6.45, 7) is 16.7. The van der Waals surface area contributed by atoms with Crippen LogP contribution in [0.4, 0.5) is 9.18 Å². The minimum Gasteiger partial charge on any atom is -0.399 e. The first kappa shape index (κ1) is 31.9. The maximum Gasteiger partial charge on any atom is 0.496 e. The Balaban J connectivity index is 1.60. The van der Waals surface area contributed by atoms with E-state index in [1.54, 1.807) is 27.1 Å². The molecule has 1 saturated heterocycles. The second kappa shape index (κ2) is 10.9. The third-order valence-corrected chi connectivity index (χ3v) is 11.4. The van der Waals surface area contributed by atoms with E-state index in [1.165, 1.54) is 11.1 Å². The molecular weight excluding hydrogens is 566 g/mol. The van der Waals surface area contributed by atoms with Crippen molar-refractivity contribution in [1.29, 1.82) is 0 Å². The summed E-state index contributed by atoms with van der Waals surface area (Å²) in [6, 6.07) is 2.60. The third-order valence-electron chi connectivity index (χ3n) is 8.38. The quantitative estimate of drug-likeness (QED) is 0.206. The minimum atomic E-state index is -1.26. The normalized spacial score (nSPS) is 28.0. The average Bonchev–Trinajstić information content (AvgIpc) is 3.53. The number of alkyl carbamates (subject to hydrolysis) is 1. The monoisotopic (exact) mass is 608 g/mol. The van der Waals surface area contributed by atoms with Crippen molar-refractivity contribution < 1.29 is 32.8 Å². The molecule has 1 N–H and O–H groups in total. The van der Waals surface area contributed by atoms with Crippen molar-refractivity contribution in [3.05, 3.63) is 23.8 Å². The number of nitrogens with zero attached hydrogens (tertiary/aromatic N) is 3. The van der Waals surface area contributed by atoms with Gasteiger partial charge in [-0.25, -0.2) is 14.8 Å². The Bertz CT molecular complexity index is 1230. The molecule has 1 aromatic heterocycles. The van der Waals surface area contributed by atoms with Crippen LogP contribution in [-0.4, -0.2) is 85.7 Å². The Morgan fingerprint density at radius 2 is 1.83 bits per heavy atom. The topological polar surface area (TPSA) is 112 Å². The van der Waals surface area contributed by atoms with E-state index < -0.39 is 48.7 Å². The summed E-state index contributed by atoms with van der Waals surface area (Å²) in [4.78, 5) is 36.3. The zero-order chi connectivity index (χ0) is 30.6. The van der Waals surface area contributed by atoms with E-state index in [2.05, 4.69) is 29.9 Å². The Hall–Kier alpha value is -2.00. The smallest absolute Gasteiger partial charge is 0.399 e. The molecule has 1 aromatic rings. The minimum absolute atomic E-state index is 0.0163. The van der Waals surface area contributed by atoms with Crippen LogP contribution in [-0.2, 0) is 29.1 Å². The molecule has 14 heteroatoms. The van der Waals surface area contributed by atoms with Gasteiger partial charge in [0, 0.05) is 51.9 Å². The van der Waals surface area contributed by atoms with Crippen molar-refractivity contribution in [2.24, 2.45) is 10.9 Å². The number of ether oxygens (including phenoxy) is 2. The SMILES string of the molecule is CN(C)C(=O)[C@]12C[C@H]1[C@@](C)(c1cc(B3OC(C)(C)C(C)(C)O3)cnc1F)N=C(OC(=O)NCOCC[Si](C)(C)C)S2. The first-order valence-corrected chi connectivity index (χ1v) is 18.4. The number of hydrogen-bond acceptors (Lipinski definition) is 9. The highest BCUT2D eigenvalue weighted by Gasteiger charge is 2.72. The zero-order valence-electron chi connectivity index (χ0n) is 25.7. The molecule has 10 nitrogen and oxygen atoms in total. The van der Waals surface area contributed by atoms with Gasteiger partial charge in [0.25, 0.3) is 5.23 Å². The van der Waals surface area contributed by atoms with Crippen LogP contribution in [0.25, 0.3) is 0 Å². The molecule has 1 aliphatic carbocycles. The van der Waals surface area contributed by atoms with Crippen molar-refractivity contribution in [2.45, 2.75) is 88.2 Å². The number of carbonyl (C=O) groups is 2. The molecule has 0 aromatic carbocycles. The van der Waals surface area contributed by atoms with Gasteiger partial charge in [0.1, 0.15) is 11.5 Å². The van der Waals surface area contributed by atoms with Crippen molar-refractivity contribution in [3.8, 4) is 0 Å². The van der Waals surface area contributed by atoms with Crippen LogP contribution < -0.4 is 10.8 Å². The number of thioether (sulfide) groups is 1. The maximum atomic E-state index is 15.5. The van der Waals surface area contributed by atoms with Gasteiger partial charge in [-0.2, -0.15) is 4.39 Å². The summed E-state index contributed by atoms with van der Waals surface area (Å²) < 4.78 is 38.0. The maximum absolute atomic E-state index is 15.5. The predicted octanol–water partition coefficient (Wildman–Crippen LogP) is 3.72. The van der Waals surface area contributed by atoms with E-state index in [9.17, 15) is 9.59 Å². The van der Waals surface area contributed by atoms with Crippen LogP contribution in [0.1, 0.15) is 46.6 Å². The highest BCUT2D eigenvalue weighted by Crippen LogP contribution is 2.66. The molecule has 4 rings (SSSR count). The average molecular weight is 609 g/mol. The van der Waals surface area contributed by atoms with Gasteiger partial charge < -0.3 is 23.7 Å². The highest BCUT2D eigenvalue weighted by atomic mass is 32.2. The van der Waals surface area contributed by atoms with E-state index in [-0.39, 0.29) is 29.3 Å². The Labute approximate surface area is 247 Å². The standard InChI is InChI=1S/C27H42BFN4O6SSi/c1-24(2)25(3,4)39-28(38-24)17-13-18(20(29)30-15-17)26(5)19-14-27(19,21(34)33(6)7)40-23(32-26)37-22(35)31-16-36-11-12-41(8,9)10/h13,15,19H,11-12,14,16H2,1-10H3,(H,31,35)/t19-,26+,27-/m0/s1. The molecule has 226 valence electrons. The number of rotatable bonds is 8. The summed E-state index contributed by atoms with van der Waals surface area (Å²) in [5, 5.41) is 2.56. The number of hydrogen-bond donors (Lipinski definition) is 1. The number of halogens is 1. The molecule has 2 aliphatic heterocycles. The third kappa shape index (κ3) is 6.36. The van der Waals surface area contributed by atoms with E-state index >= 15 is 4.39 Å². The Morgan fingerprint density at radius 3 is 2.41 bits per heavy atom. The molecule has 0 bridgehead atoms. The molecular formula is C27H42BFN4O6SSi. The van der Waals surface area contributed by atoms with Crippen LogP contribution in [0.2, 0.25) is 25.7 Å². The number of pyridine rings is 1. The number of fused-ring (bicyclic) bond motifs is 1. The summed E-state index contributed by atoms with van der Waals surface area (Å²) in [6.07, 6.45) is 1.06. The molecule has 1 saturated carbocycles. The summed E-state index contributed by atoms with van der Waals surface area (Å²) in [5.74, 6) is -1.22. The van der Waals surface area contributed by atoms with Crippen LogP contribution >= 0.6 is 11.8 Å². The molecule has 0 radical (unpaired) electrons. The Morgan fingerprint density at radius 1 is 1.20 bits per heavy atom. The van der Waals surface area contributed by atoms with Gasteiger partial charge in [-0.1, -0.05) is 25.7 Å². The first-order chi connectivity index (χ1) is 18.8. The predicted molar refractivity (Wildman–Crippen MR) is 160 cm³/mol. The van der Waals surface area contributed by atoms with Gasteiger partial charge in [-0.05, 0) is 58.8 Å². The number of nitrogens with one attached hydrogen (secondary N) is 1. The molecule has 3 heterocycles. The van der Waals surface area contributed by atoms with Crippen molar-refractivity contribution >= 4 is 49.6 Å². The largest absolute Gasteiger partial charge is 0.496 e. The molecule has 0 spiro atoms. The fourth-order valence-electron chi connectivity index (χ4n) is 5.01. The lowest BCUT2D eigenvalue weighted by Gasteiger charge is -2.34. The van der Waals surface area contributed by atoms with E-state index in [1.807, 2.05) is 27.7 Å². The lowest BCUT2D eigenvalue weighted by atomic mass is 9.77. The highest BCUT2D eigenvalue weighted by molar-refractivity contribution is 8.15. The molecule has 2 fully saturated rings. The summed E-state index contributed by atoms with van der Waals surface area (Å²) in [5.41, 5.74) is -1.70. The van der Waals surface area contributed by atoms with Gasteiger partial charge in [0.15, 0.2) is 0 Å². The van der Waals surface area contributed by atoms with E-state index in [4.69, 9.17) is 23.8 Å². The fourth-order valence-corrected chi connectivity index (χ4v) is 7.32. The summed E-state index contributed by atoms with van der Waals surface area (Å²) >= 11 is 1.10. The van der Waals surface area contributed by atoms with Gasteiger partial charge in [0.05, 0.1) is 16.7 Å². The van der Waals surface area contributed by atoms with Gasteiger partial charge in [0.2, 0.25) is 11.9 Å². The van der Waals surface area contributed by atoms with Crippen LogP contribution in [0.3, 0.4) is 0 Å². The van der Waals surface area contributed by atoms with Crippen molar-refractivity contribution in [1.82, 2.24) is 15.2 Å². The van der Waals surface area contributed by atoms with Crippen LogP contribution in [0.15, 0.2) is 17.3 Å². The van der Waals surface area contributed by atoms with E-state index in [0.717, 1.165) is 17.8 Å². The molecule has 3 aliphatic rings. The zero-order valence-corrected chi connectivity index (χ0v) is 27.5. The number of carbonyl (C=O) groups excluding carboxylic acids is 2. The second-order valence-corrected chi connectivity index (χ2v) is 20.5. The number of aromatic nitrogens is 1. The molecule has 0 unspecified atom stereocenters. The lowest BCUT2D eigenvalue weighted by molar-refractivity contribution is -0.129. The van der Waals surface area contributed by atoms with Crippen LogP contribution in [0.5, 0.6) is 0 Å². The van der Waals surface area contributed by atoms with E-state index in [0.29, 0.717) is 18.5 Å². The van der Waals surface area contributed by atoms with Gasteiger partial charge >= 0.3 is 13.2 Å². The Kier molecular flexibility index (Phi) is 8.51. The van der Waals surface area contributed by atoms with Crippen molar-refractivity contribution in [3.63, 3.8) is 0 Å². The lowest BCUT2D eigenvalue weighted by Crippen LogP contribution is -2.44. The van der Waals surface area contributed by atoms with Crippen molar-refractivity contribution in [2.75, 3.05) is 27.4 Å². The fraction of sp³-hybridized carbons (Fsp3) is 0.704. The number of aliphatic imine (C=N–C) groups is 1. The molecule has 3 atom stereocenters.